The zero-order valence-corrected chi connectivity index (χ0v) is 10.1. The number of aromatic nitrogens is 1. The van der Waals surface area contributed by atoms with Gasteiger partial charge in [-0.3, -0.25) is 9.78 Å². The summed E-state index contributed by atoms with van der Waals surface area (Å²) in [7, 11) is 0. The number of amides is 1. The summed E-state index contributed by atoms with van der Waals surface area (Å²) in [5.41, 5.74) is 2.05. The minimum Gasteiger partial charge on any atom is -0.479 e. The molecule has 1 aromatic carbocycles. The second-order valence-electron chi connectivity index (χ2n) is 3.52. The molecule has 0 fully saturated rings. The number of rotatable bonds is 4. The summed E-state index contributed by atoms with van der Waals surface area (Å²) >= 11 is 1.16. The Morgan fingerprint density at radius 1 is 1.28 bits per heavy atom. The van der Waals surface area contributed by atoms with Crippen LogP contribution in [-0.4, -0.2) is 22.0 Å². The topological polar surface area (TPSA) is 79.3 Å². The quantitative estimate of drug-likeness (QED) is 0.879. The van der Waals surface area contributed by atoms with E-state index >= 15 is 0 Å². The number of benzene rings is 1. The second-order valence-corrected chi connectivity index (χ2v) is 4.41. The lowest BCUT2D eigenvalue weighted by Gasteiger charge is -2.13. The fraction of sp³-hybridized carbons (Fsp3) is 0.0833. The minimum atomic E-state index is -1.10. The number of carbonyl (C=O) groups excluding carboxylic acids is 1. The number of hydrogen-bond donors (Lipinski definition) is 2. The Bertz CT molecular complexity index is 540. The SMILES string of the molecule is O=C(NC(C(=O)O)c1ccccc1)c1cncs1. The van der Waals surface area contributed by atoms with Crippen molar-refractivity contribution in [2.24, 2.45) is 0 Å². The Balaban J connectivity index is 2.18. The van der Waals surface area contributed by atoms with Gasteiger partial charge in [-0.15, -0.1) is 11.3 Å². The minimum absolute atomic E-state index is 0.386. The molecule has 0 saturated carbocycles. The van der Waals surface area contributed by atoms with Crippen molar-refractivity contribution in [3.05, 3.63) is 52.5 Å². The lowest BCUT2D eigenvalue weighted by atomic mass is 10.1. The number of carboxylic acids is 1. The van der Waals surface area contributed by atoms with Gasteiger partial charge in [0.05, 0.1) is 11.7 Å². The third-order valence-corrected chi connectivity index (χ3v) is 3.08. The molecule has 92 valence electrons. The van der Waals surface area contributed by atoms with Crippen LogP contribution in [0, 0.1) is 0 Å². The molecular weight excluding hydrogens is 252 g/mol. The fourth-order valence-electron chi connectivity index (χ4n) is 1.46. The molecule has 0 aliphatic heterocycles. The second kappa shape index (κ2) is 5.42. The maximum Gasteiger partial charge on any atom is 0.330 e. The third-order valence-electron chi connectivity index (χ3n) is 2.31. The summed E-state index contributed by atoms with van der Waals surface area (Å²) in [5.74, 6) is -1.53. The van der Waals surface area contributed by atoms with E-state index in [1.165, 1.54) is 11.7 Å². The molecule has 18 heavy (non-hydrogen) atoms. The smallest absolute Gasteiger partial charge is 0.330 e. The van der Waals surface area contributed by atoms with E-state index in [2.05, 4.69) is 10.3 Å². The number of nitrogens with one attached hydrogen (secondary N) is 1. The summed E-state index contributed by atoms with van der Waals surface area (Å²) in [4.78, 5) is 27.1. The van der Waals surface area contributed by atoms with Crippen molar-refractivity contribution in [1.29, 1.82) is 0 Å². The average molecular weight is 262 g/mol. The highest BCUT2D eigenvalue weighted by Gasteiger charge is 2.22. The molecule has 2 rings (SSSR count). The maximum atomic E-state index is 11.8. The first-order chi connectivity index (χ1) is 8.68. The molecule has 5 nitrogen and oxygen atoms in total. The van der Waals surface area contributed by atoms with Gasteiger partial charge in [-0.2, -0.15) is 0 Å². The molecule has 2 aromatic rings. The van der Waals surface area contributed by atoms with Crippen molar-refractivity contribution in [3.8, 4) is 0 Å². The van der Waals surface area contributed by atoms with Crippen LogP contribution >= 0.6 is 11.3 Å². The Morgan fingerprint density at radius 2 is 2.00 bits per heavy atom. The van der Waals surface area contributed by atoms with Gasteiger partial charge in [0, 0.05) is 0 Å². The van der Waals surface area contributed by atoms with Crippen molar-refractivity contribution in [2.75, 3.05) is 0 Å². The monoisotopic (exact) mass is 262 g/mol. The highest BCUT2D eigenvalue weighted by atomic mass is 32.1. The number of aliphatic carboxylic acids is 1. The number of hydrogen-bond acceptors (Lipinski definition) is 4. The molecule has 0 bridgehead atoms. The molecule has 0 spiro atoms. The summed E-state index contributed by atoms with van der Waals surface area (Å²) < 4.78 is 0. The van der Waals surface area contributed by atoms with E-state index in [1.807, 2.05) is 0 Å². The Morgan fingerprint density at radius 3 is 2.56 bits per heavy atom. The molecule has 2 N–H and O–H groups in total. The molecule has 0 aliphatic carbocycles. The number of carboxylic acid groups (broad SMARTS) is 1. The summed E-state index contributed by atoms with van der Waals surface area (Å²) in [6.07, 6.45) is 1.41. The van der Waals surface area contributed by atoms with Gasteiger partial charge in [0.15, 0.2) is 6.04 Å². The van der Waals surface area contributed by atoms with Crippen LogP contribution in [0.1, 0.15) is 21.3 Å². The van der Waals surface area contributed by atoms with Crippen LogP contribution < -0.4 is 5.32 Å². The Kier molecular flexibility index (Phi) is 3.69. The van der Waals surface area contributed by atoms with E-state index in [1.54, 1.807) is 30.3 Å². The van der Waals surface area contributed by atoms with Crippen LogP contribution in [0.3, 0.4) is 0 Å². The molecule has 1 heterocycles. The van der Waals surface area contributed by atoms with Gasteiger partial charge in [-0.05, 0) is 5.56 Å². The van der Waals surface area contributed by atoms with Crippen molar-refractivity contribution < 1.29 is 14.7 Å². The standard InChI is InChI=1S/C12H10N2O3S/c15-11(9-6-13-7-18-9)14-10(12(16)17)8-4-2-1-3-5-8/h1-7,10H,(H,14,15)(H,16,17). The predicted octanol–water partition coefficient (Wildman–Crippen LogP) is 1.70. The molecule has 1 atom stereocenters. The van der Waals surface area contributed by atoms with Gasteiger partial charge in [0.2, 0.25) is 0 Å². The van der Waals surface area contributed by atoms with Gasteiger partial charge in [-0.25, -0.2) is 4.79 Å². The highest BCUT2D eigenvalue weighted by Crippen LogP contribution is 2.14. The van der Waals surface area contributed by atoms with E-state index in [0.29, 0.717) is 10.4 Å². The van der Waals surface area contributed by atoms with Crippen LogP contribution in [-0.2, 0) is 4.79 Å². The Labute approximate surface area is 107 Å². The van der Waals surface area contributed by atoms with Crippen molar-refractivity contribution in [3.63, 3.8) is 0 Å². The zero-order valence-electron chi connectivity index (χ0n) is 9.24. The van der Waals surface area contributed by atoms with Crippen LogP contribution in [0.15, 0.2) is 42.0 Å². The Hall–Kier alpha value is -2.21. The third kappa shape index (κ3) is 2.72. The molecule has 0 aliphatic rings. The van der Waals surface area contributed by atoms with Crippen LogP contribution in [0.4, 0.5) is 0 Å². The molecule has 1 aromatic heterocycles. The first kappa shape index (κ1) is 12.3. The van der Waals surface area contributed by atoms with Crippen molar-refractivity contribution >= 4 is 23.2 Å². The molecule has 1 unspecified atom stereocenters. The van der Waals surface area contributed by atoms with Gasteiger partial charge in [0.1, 0.15) is 4.88 Å². The molecule has 1 amide bonds. The van der Waals surface area contributed by atoms with Crippen LogP contribution in [0.25, 0.3) is 0 Å². The van der Waals surface area contributed by atoms with Crippen LogP contribution in [0.5, 0.6) is 0 Å². The first-order valence-corrected chi connectivity index (χ1v) is 6.03. The highest BCUT2D eigenvalue weighted by molar-refractivity contribution is 7.11. The van der Waals surface area contributed by atoms with Crippen LogP contribution in [0.2, 0.25) is 0 Å². The lowest BCUT2D eigenvalue weighted by Crippen LogP contribution is -2.33. The number of thiazole rings is 1. The van der Waals surface area contributed by atoms with Gasteiger partial charge >= 0.3 is 5.97 Å². The number of carbonyl (C=O) groups is 2. The van der Waals surface area contributed by atoms with E-state index in [4.69, 9.17) is 5.11 Å². The summed E-state index contributed by atoms with van der Waals surface area (Å²) in [6, 6.07) is 7.50. The van der Waals surface area contributed by atoms with Crippen molar-refractivity contribution in [2.45, 2.75) is 6.04 Å². The zero-order chi connectivity index (χ0) is 13.0. The fourth-order valence-corrected chi connectivity index (χ4v) is 1.99. The van der Waals surface area contributed by atoms with E-state index < -0.39 is 17.9 Å². The molecular formula is C12H10N2O3S. The van der Waals surface area contributed by atoms with Gasteiger partial charge in [-0.1, -0.05) is 30.3 Å². The first-order valence-electron chi connectivity index (χ1n) is 5.15. The summed E-state index contributed by atoms with van der Waals surface area (Å²) in [6.45, 7) is 0. The predicted molar refractivity (Wildman–Crippen MR) is 66.4 cm³/mol. The largest absolute Gasteiger partial charge is 0.479 e. The number of nitrogens with zero attached hydrogens (tertiary/aromatic N) is 1. The molecule has 0 radical (unpaired) electrons. The van der Waals surface area contributed by atoms with Gasteiger partial charge < -0.3 is 10.4 Å². The van der Waals surface area contributed by atoms with Crippen molar-refractivity contribution in [1.82, 2.24) is 10.3 Å². The summed E-state index contributed by atoms with van der Waals surface area (Å²) in [5, 5.41) is 11.6. The van der Waals surface area contributed by atoms with E-state index in [0.717, 1.165) is 11.3 Å². The normalized spacial score (nSPS) is 11.8. The van der Waals surface area contributed by atoms with E-state index in [9.17, 15) is 9.59 Å². The molecule has 6 heteroatoms. The lowest BCUT2D eigenvalue weighted by molar-refractivity contribution is -0.139. The maximum absolute atomic E-state index is 11.8. The molecule has 0 saturated heterocycles. The van der Waals surface area contributed by atoms with E-state index in [-0.39, 0.29) is 0 Å². The average Bonchev–Trinajstić information content (AvgIpc) is 2.90. The van der Waals surface area contributed by atoms with Gasteiger partial charge in [0.25, 0.3) is 5.91 Å².